The highest BCUT2D eigenvalue weighted by Gasteiger charge is 2.71. The lowest BCUT2D eigenvalue weighted by Crippen LogP contribution is -2.68. The molecule has 1 heterocycles. The average molecular weight is 579 g/mol. The summed E-state index contributed by atoms with van der Waals surface area (Å²) in [6, 6.07) is 0. The molecule has 7 fully saturated rings. The van der Waals surface area contributed by atoms with Gasteiger partial charge >= 0.3 is 0 Å². The number of rotatable bonds is 10. The molecule has 0 radical (unpaired) electrons. The van der Waals surface area contributed by atoms with Crippen molar-refractivity contribution in [1.29, 1.82) is 0 Å². The zero-order valence-electron chi connectivity index (χ0n) is 27.0. The molecule has 41 heavy (non-hydrogen) atoms. The molecule has 4 bridgehead atoms. The summed E-state index contributed by atoms with van der Waals surface area (Å²) in [6.45, 7) is 18.5. The van der Waals surface area contributed by atoms with E-state index in [-0.39, 0.29) is 41.1 Å². The molecule has 1 aliphatic heterocycles. The summed E-state index contributed by atoms with van der Waals surface area (Å²) < 4.78 is 12.6. The molecule has 236 valence electrons. The molecule has 6 saturated carbocycles. The Morgan fingerprint density at radius 3 is 1.83 bits per heavy atom. The number of aliphatic hydroxyl groups excluding tert-OH is 1. The number of hydrogen-bond acceptors (Lipinski definition) is 6. The van der Waals surface area contributed by atoms with Crippen LogP contribution in [0.4, 0.5) is 0 Å². The molecule has 0 spiro atoms. The molecular weight excluding hydrogens is 520 g/mol. The minimum atomic E-state index is -1.24. The number of unbranched alkanes of at least 4 members (excludes halogenated alkanes) is 2. The average Bonchev–Trinajstić information content (AvgIpc) is 3.15. The molecule has 7 rings (SSSR count). The number of hydrogen-bond donors (Lipinski definition) is 4. The van der Waals surface area contributed by atoms with Crippen LogP contribution in [0, 0.1) is 34.5 Å². The molecular formula is C33H58N2O6. The van der Waals surface area contributed by atoms with E-state index in [0.717, 1.165) is 45.1 Å². The second-order valence-electron chi connectivity index (χ2n) is 15.4. The van der Waals surface area contributed by atoms with Crippen LogP contribution in [0.5, 0.6) is 0 Å². The molecule has 8 atom stereocenters. The van der Waals surface area contributed by atoms with Crippen molar-refractivity contribution in [2.45, 2.75) is 149 Å². The second-order valence-corrected chi connectivity index (χ2v) is 15.4. The monoisotopic (exact) mass is 578 g/mol. The number of fused-ring (bicyclic) bond motifs is 2. The van der Waals surface area contributed by atoms with Crippen LogP contribution in [0.2, 0.25) is 0 Å². The van der Waals surface area contributed by atoms with Crippen molar-refractivity contribution in [3.05, 3.63) is 0 Å². The van der Waals surface area contributed by atoms with Crippen LogP contribution >= 0.6 is 0 Å². The Kier molecular flexibility index (Phi) is 9.33. The predicted molar refractivity (Wildman–Crippen MR) is 159 cm³/mol. The lowest BCUT2D eigenvalue weighted by molar-refractivity contribution is -0.254. The number of aliphatic hydroxyl groups is 2. The first kappa shape index (κ1) is 32.7. The molecule has 0 aromatic rings. The summed E-state index contributed by atoms with van der Waals surface area (Å²) in [5.41, 5.74) is -1.38. The van der Waals surface area contributed by atoms with Gasteiger partial charge in [-0.1, -0.05) is 54.4 Å². The molecule has 1 saturated heterocycles. The lowest BCUT2D eigenvalue weighted by Gasteiger charge is -2.64. The number of ether oxygens (including phenoxy) is 2. The van der Waals surface area contributed by atoms with E-state index in [1.807, 2.05) is 13.8 Å². The number of carbonyl (C=O) groups excluding carboxylic acids is 2. The van der Waals surface area contributed by atoms with E-state index in [0.29, 0.717) is 37.1 Å². The third-order valence-electron chi connectivity index (χ3n) is 11.7. The third-order valence-corrected chi connectivity index (χ3v) is 11.7. The number of amides is 2. The Labute approximate surface area is 248 Å². The first-order valence-electron chi connectivity index (χ1n) is 16.3. The van der Waals surface area contributed by atoms with Crippen molar-refractivity contribution in [3.8, 4) is 0 Å². The van der Waals surface area contributed by atoms with Crippen LogP contribution in [-0.2, 0) is 19.1 Å². The smallest absolute Gasteiger partial charge is 0.223 e. The van der Waals surface area contributed by atoms with Crippen molar-refractivity contribution in [1.82, 2.24) is 10.6 Å². The van der Waals surface area contributed by atoms with Crippen molar-refractivity contribution in [3.63, 3.8) is 0 Å². The van der Waals surface area contributed by atoms with Gasteiger partial charge in [0.25, 0.3) is 0 Å². The second kappa shape index (κ2) is 11.7. The number of carbonyl (C=O) groups is 2. The molecule has 4 N–H and O–H groups in total. The Bertz CT molecular complexity index is 965. The zero-order valence-corrected chi connectivity index (χ0v) is 27.0. The van der Waals surface area contributed by atoms with Crippen molar-refractivity contribution < 1.29 is 29.3 Å². The summed E-state index contributed by atoms with van der Waals surface area (Å²) in [4.78, 5) is 24.4. The number of nitrogens with one attached hydrogen (secondary N) is 2. The van der Waals surface area contributed by atoms with Crippen molar-refractivity contribution in [2.75, 3.05) is 13.1 Å². The fourth-order valence-corrected chi connectivity index (χ4v) is 8.96. The predicted octanol–water partition coefficient (Wildman–Crippen LogP) is 4.70. The standard InChI is InChI=1S/C18H31NO3.C15H27NO3/c1-6-7-8-19-15(20)11-18-13-9-12(16(13,2)3)10-14(18)21-17(4,5)22-18;1-4-5-6-16-13(18)9-15(19)11-7-10(8-12(15)17)14(11,2)3/h12-14H,6-11H2,1-5H3,(H,19,20);10-12,17,19H,4-9H2,1-3H3,(H,16,18)/t12?,13?,14?,18-;10?,11?,12?,15-/m11/s1. The molecule has 8 nitrogen and oxygen atoms in total. The fourth-order valence-electron chi connectivity index (χ4n) is 8.96. The Balaban J connectivity index is 0.000000191. The zero-order chi connectivity index (χ0) is 30.4. The van der Waals surface area contributed by atoms with Crippen LogP contribution in [0.25, 0.3) is 0 Å². The van der Waals surface area contributed by atoms with E-state index in [1.54, 1.807) is 0 Å². The van der Waals surface area contributed by atoms with E-state index in [4.69, 9.17) is 9.47 Å². The van der Waals surface area contributed by atoms with Crippen LogP contribution in [-0.4, -0.2) is 64.3 Å². The summed E-state index contributed by atoms with van der Waals surface area (Å²) in [5.74, 6) is 1.03. The van der Waals surface area contributed by atoms with Gasteiger partial charge in [0.2, 0.25) is 11.8 Å². The van der Waals surface area contributed by atoms with Gasteiger partial charge in [-0.15, -0.1) is 0 Å². The first-order valence-corrected chi connectivity index (χ1v) is 16.3. The Morgan fingerprint density at radius 2 is 1.29 bits per heavy atom. The molecule has 8 heteroatoms. The van der Waals surface area contributed by atoms with E-state index < -0.39 is 23.1 Å². The highest BCUT2D eigenvalue weighted by molar-refractivity contribution is 5.78. The maximum atomic E-state index is 12.5. The highest BCUT2D eigenvalue weighted by atomic mass is 16.8. The van der Waals surface area contributed by atoms with Gasteiger partial charge in [-0.3, -0.25) is 9.59 Å². The van der Waals surface area contributed by atoms with Gasteiger partial charge in [0, 0.05) is 13.1 Å². The van der Waals surface area contributed by atoms with E-state index in [9.17, 15) is 19.8 Å². The van der Waals surface area contributed by atoms with Crippen molar-refractivity contribution in [2.24, 2.45) is 34.5 Å². The summed E-state index contributed by atoms with van der Waals surface area (Å²) in [6.07, 6.45) is 7.61. The van der Waals surface area contributed by atoms with E-state index in [2.05, 4.69) is 52.2 Å². The largest absolute Gasteiger partial charge is 0.390 e. The SMILES string of the molecule is CCCCNC(=O)C[C@]1(O)C(O)CC2CC1C2(C)C.CCCCNC(=O)C[C@]12OC(C)(C)OC1CC1CC2C1(C)C. The quantitative estimate of drug-likeness (QED) is 0.279. The van der Waals surface area contributed by atoms with Gasteiger partial charge in [0.1, 0.15) is 11.2 Å². The molecule has 2 amide bonds. The Hall–Kier alpha value is -1.22. The molecule has 6 unspecified atom stereocenters. The maximum Gasteiger partial charge on any atom is 0.223 e. The summed E-state index contributed by atoms with van der Waals surface area (Å²) in [5, 5.41) is 26.8. The molecule has 0 aromatic carbocycles. The fraction of sp³-hybridized carbons (Fsp3) is 0.939. The van der Waals surface area contributed by atoms with Gasteiger partial charge in [0.05, 0.1) is 25.0 Å². The molecule has 6 aliphatic carbocycles. The van der Waals surface area contributed by atoms with Gasteiger partial charge in [-0.25, -0.2) is 0 Å². The van der Waals surface area contributed by atoms with E-state index in [1.165, 1.54) is 6.42 Å². The highest BCUT2D eigenvalue weighted by Crippen LogP contribution is 2.68. The van der Waals surface area contributed by atoms with Gasteiger partial charge in [-0.2, -0.15) is 0 Å². The summed E-state index contributed by atoms with van der Waals surface area (Å²) >= 11 is 0. The van der Waals surface area contributed by atoms with Gasteiger partial charge in [0.15, 0.2) is 5.79 Å². The lowest BCUT2D eigenvalue weighted by atomic mass is 9.43. The van der Waals surface area contributed by atoms with Crippen LogP contribution < -0.4 is 10.6 Å². The van der Waals surface area contributed by atoms with Crippen LogP contribution in [0.1, 0.15) is 120 Å². The molecule has 7 aliphatic rings. The molecule has 0 aromatic heterocycles. The third kappa shape index (κ3) is 5.97. The van der Waals surface area contributed by atoms with Crippen molar-refractivity contribution >= 4 is 11.8 Å². The first-order chi connectivity index (χ1) is 19.0. The van der Waals surface area contributed by atoms with Gasteiger partial charge < -0.3 is 30.3 Å². The van der Waals surface area contributed by atoms with Crippen LogP contribution in [0.3, 0.4) is 0 Å². The van der Waals surface area contributed by atoms with E-state index >= 15 is 0 Å². The normalized spacial score (nSPS) is 40.1. The van der Waals surface area contributed by atoms with Crippen LogP contribution in [0.15, 0.2) is 0 Å². The topological polar surface area (TPSA) is 117 Å². The minimum absolute atomic E-state index is 0.0265. The minimum Gasteiger partial charge on any atom is -0.390 e. The Morgan fingerprint density at radius 1 is 0.780 bits per heavy atom. The van der Waals surface area contributed by atoms with Gasteiger partial charge in [-0.05, 0) is 86.9 Å². The summed E-state index contributed by atoms with van der Waals surface area (Å²) in [7, 11) is 0. The maximum absolute atomic E-state index is 12.5.